The minimum absolute atomic E-state index is 0.353. The number of nitrogens with zero attached hydrogens (tertiary/aromatic N) is 2. The molecule has 0 radical (unpaired) electrons. The molecule has 0 bridgehead atoms. The monoisotopic (exact) mass is 309 g/mol. The lowest BCUT2D eigenvalue weighted by Crippen LogP contribution is -2.40. The quantitative estimate of drug-likeness (QED) is 0.909. The summed E-state index contributed by atoms with van der Waals surface area (Å²) in [5.74, 6) is 0.726. The van der Waals surface area contributed by atoms with Gasteiger partial charge < -0.3 is 10.2 Å². The van der Waals surface area contributed by atoms with Crippen LogP contribution in [0.2, 0.25) is 0 Å². The number of sulfonamides is 1. The van der Waals surface area contributed by atoms with Crippen molar-refractivity contribution in [2.75, 3.05) is 38.6 Å². The molecule has 2 saturated heterocycles. The van der Waals surface area contributed by atoms with E-state index < -0.39 is 10.0 Å². The number of rotatable bonds is 3. The third kappa shape index (κ3) is 2.80. The predicted octanol–water partition coefficient (Wildman–Crippen LogP) is 1.13. The predicted molar refractivity (Wildman–Crippen MR) is 84.0 cm³/mol. The number of benzene rings is 1. The van der Waals surface area contributed by atoms with Gasteiger partial charge in [-0.1, -0.05) is 0 Å². The highest BCUT2D eigenvalue weighted by molar-refractivity contribution is 7.89. The molecule has 1 aromatic carbocycles. The molecule has 2 heterocycles. The second kappa shape index (κ2) is 5.59. The van der Waals surface area contributed by atoms with E-state index in [2.05, 4.69) is 10.2 Å². The lowest BCUT2D eigenvalue weighted by Gasteiger charge is -2.24. The average Bonchev–Trinajstić information content (AvgIpc) is 2.91. The second-order valence-corrected chi connectivity index (χ2v) is 8.30. The summed E-state index contributed by atoms with van der Waals surface area (Å²) in [7, 11) is -0.224. The Morgan fingerprint density at radius 3 is 2.52 bits per heavy atom. The molecule has 2 aliphatic heterocycles. The van der Waals surface area contributed by atoms with E-state index in [9.17, 15) is 8.42 Å². The Balaban J connectivity index is 1.76. The van der Waals surface area contributed by atoms with Crippen LogP contribution >= 0.6 is 0 Å². The van der Waals surface area contributed by atoms with Gasteiger partial charge in [-0.3, -0.25) is 0 Å². The summed E-state index contributed by atoms with van der Waals surface area (Å²) in [6, 6.07) is 7.85. The Hall–Kier alpha value is -1.11. The van der Waals surface area contributed by atoms with Crippen molar-refractivity contribution in [1.82, 2.24) is 9.62 Å². The minimum Gasteiger partial charge on any atom is -0.370 e. The van der Waals surface area contributed by atoms with Gasteiger partial charge in [-0.05, 0) is 49.6 Å². The van der Waals surface area contributed by atoms with Crippen LogP contribution in [-0.2, 0) is 10.0 Å². The molecular weight excluding hydrogens is 286 g/mol. The molecule has 0 saturated carbocycles. The Morgan fingerprint density at radius 2 is 1.90 bits per heavy atom. The van der Waals surface area contributed by atoms with Crippen LogP contribution in [0, 0.1) is 5.92 Å². The minimum atomic E-state index is -3.34. The molecule has 2 unspecified atom stereocenters. The van der Waals surface area contributed by atoms with E-state index in [0.29, 0.717) is 10.9 Å². The fraction of sp³-hybridized carbons (Fsp3) is 0.600. The molecule has 21 heavy (non-hydrogen) atoms. The van der Waals surface area contributed by atoms with Crippen molar-refractivity contribution in [3.8, 4) is 0 Å². The van der Waals surface area contributed by atoms with Gasteiger partial charge in [-0.2, -0.15) is 0 Å². The third-order valence-electron chi connectivity index (χ3n) is 4.58. The Kier molecular flexibility index (Phi) is 3.94. The largest absolute Gasteiger partial charge is 0.370 e. The highest BCUT2D eigenvalue weighted by Gasteiger charge is 2.34. The highest BCUT2D eigenvalue weighted by atomic mass is 32.2. The van der Waals surface area contributed by atoms with Crippen LogP contribution in [-0.4, -0.2) is 52.5 Å². The van der Waals surface area contributed by atoms with Crippen molar-refractivity contribution in [2.45, 2.75) is 23.8 Å². The first-order chi connectivity index (χ1) is 9.98. The van der Waals surface area contributed by atoms with Gasteiger partial charge in [0.25, 0.3) is 0 Å². The fourth-order valence-electron chi connectivity index (χ4n) is 3.30. The molecular formula is C15H23N3O2S. The van der Waals surface area contributed by atoms with Crippen LogP contribution in [0.3, 0.4) is 0 Å². The summed E-state index contributed by atoms with van der Waals surface area (Å²) < 4.78 is 25.4. The molecule has 0 spiro atoms. The van der Waals surface area contributed by atoms with Crippen molar-refractivity contribution in [3.63, 3.8) is 0 Å². The number of anilines is 1. The maximum atomic E-state index is 12.1. The molecule has 1 aromatic rings. The van der Waals surface area contributed by atoms with Gasteiger partial charge in [0, 0.05) is 38.9 Å². The van der Waals surface area contributed by atoms with E-state index in [1.807, 2.05) is 12.1 Å². The highest BCUT2D eigenvalue weighted by Crippen LogP contribution is 2.29. The molecule has 5 nitrogen and oxygen atoms in total. The third-order valence-corrected chi connectivity index (χ3v) is 6.41. The Bertz CT molecular complexity index is 584. The lowest BCUT2D eigenvalue weighted by atomic mass is 9.94. The van der Waals surface area contributed by atoms with Gasteiger partial charge in [0.1, 0.15) is 0 Å². The SMILES string of the molecule is CN(C)S(=O)(=O)c1ccc(N2CC3CCCNC3C2)cc1. The summed E-state index contributed by atoms with van der Waals surface area (Å²) in [5, 5.41) is 3.59. The summed E-state index contributed by atoms with van der Waals surface area (Å²) in [6.45, 7) is 3.21. The Labute approximate surface area is 127 Å². The van der Waals surface area contributed by atoms with Crippen LogP contribution in [0.15, 0.2) is 29.2 Å². The first kappa shape index (κ1) is 14.8. The van der Waals surface area contributed by atoms with E-state index in [4.69, 9.17) is 0 Å². The number of nitrogens with one attached hydrogen (secondary N) is 1. The van der Waals surface area contributed by atoms with Gasteiger partial charge >= 0.3 is 0 Å². The molecule has 0 aliphatic carbocycles. The van der Waals surface area contributed by atoms with E-state index in [1.165, 1.54) is 17.1 Å². The zero-order valence-corrected chi connectivity index (χ0v) is 13.4. The zero-order chi connectivity index (χ0) is 15.0. The van der Waals surface area contributed by atoms with Crippen LogP contribution in [0.4, 0.5) is 5.69 Å². The summed E-state index contributed by atoms with van der Waals surface area (Å²) >= 11 is 0. The molecule has 2 aliphatic rings. The van der Waals surface area contributed by atoms with Gasteiger partial charge in [0.15, 0.2) is 0 Å². The van der Waals surface area contributed by atoms with Crippen LogP contribution < -0.4 is 10.2 Å². The standard InChI is InChI=1S/C15H23N3O2S/c1-17(2)21(19,20)14-7-5-13(6-8-14)18-10-12-4-3-9-16-15(12)11-18/h5-8,12,15-16H,3-4,9-11H2,1-2H3. The molecule has 3 rings (SSSR count). The van der Waals surface area contributed by atoms with E-state index in [-0.39, 0.29) is 0 Å². The smallest absolute Gasteiger partial charge is 0.242 e. The molecule has 2 fully saturated rings. The van der Waals surface area contributed by atoms with E-state index >= 15 is 0 Å². The lowest BCUT2D eigenvalue weighted by molar-refractivity contribution is 0.340. The number of fused-ring (bicyclic) bond motifs is 1. The topological polar surface area (TPSA) is 52.7 Å². The molecule has 116 valence electrons. The molecule has 2 atom stereocenters. The van der Waals surface area contributed by atoms with E-state index in [0.717, 1.165) is 31.2 Å². The summed E-state index contributed by atoms with van der Waals surface area (Å²) in [6.07, 6.45) is 2.55. The van der Waals surface area contributed by atoms with Crippen molar-refractivity contribution < 1.29 is 8.42 Å². The van der Waals surface area contributed by atoms with Crippen molar-refractivity contribution >= 4 is 15.7 Å². The number of piperidine rings is 1. The van der Waals surface area contributed by atoms with Gasteiger partial charge in [0.2, 0.25) is 10.0 Å². The zero-order valence-electron chi connectivity index (χ0n) is 12.6. The Morgan fingerprint density at radius 1 is 1.19 bits per heavy atom. The van der Waals surface area contributed by atoms with E-state index in [1.54, 1.807) is 26.2 Å². The van der Waals surface area contributed by atoms with Crippen LogP contribution in [0.5, 0.6) is 0 Å². The molecule has 6 heteroatoms. The normalized spacial score (nSPS) is 26.1. The first-order valence-electron chi connectivity index (χ1n) is 7.49. The molecule has 1 N–H and O–H groups in total. The number of hydrogen-bond acceptors (Lipinski definition) is 4. The van der Waals surface area contributed by atoms with Gasteiger partial charge in [-0.25, -0.2) is 12.7 Å². The maximum Gasteiger partial charge on any atom is 0.242 e. The van der Waals surface area contributed by atoms with Crippen LogP contribution in [0.1, 0.15) is 12.8 Å². The van der Waals surface area contributed by atoms with Gasteiger partial charge in [0.05, 0.1) is 4.90 Å². The van der Waals surface area contributed by atoms with Crippen molar-refractivity contribution in [1.29, 1.82) is 0 Å². The summed E-state index contributed by atoms with van der Waals surface area (Å²) in [4.78, 5) is 2.71. The second-order valence-electron chi connectivity index (χ2n) is 6.15. The average molecular weight is 309 g/mol. The van der Waals surface area contributed by atoms with Gasteiger partial charge in [-0.15, -0.1) is 0 Å². The van der Waals surface area contributed by atoms with Crippen molar-refractivity contribution in [3.05, 3.63) is 24.3 Å². The van der Waals surface area contributed by atoms with Crippen molar-refractivity contribution in [2.24, 2.45) is 5.92 Å². The first-order valence-corrected chi connectivity index (χ1v) is 8.93. The summed E-state index contributed by atoms with van der Waals surface area (Å²) in [5.41, 5.74) is 1.11. The number of hydrogen-bond donors (Lipinski definition) is 1. The van der Waals surface area contributed by atoms with Crippen LogP contribution in [0.25, 0.3) is 0 Å². The maximum absolute atomic E-state index is 12.1. The fourth-order valence-corrected chi connectivity index (χ4v) is 4.20. The molecule has 0 amide bonds. The molecule has 0 aromatic heterocycles.